The van der Waals surface area contributed by atoms with Crippen molar-refractivity contribution < 1.29 is 9.59 Å². The molecule has 2 saturated heterocycles. The van der Waals surface area contributed by atoms with Crippen LogP contribution in [0.15, 0.2) is 36.4 Å². The lowest BCUT2D eigenvalue weighted by Crippen LogP contribution is -2.44. The summed E-state index contributed by atoms with van der Waals surface area (Å²) in [4.78, 5) is 32.4. The molecular weight excluding hydrogens is 456 g/mol. The first-order chi connectivity index (χ1) is 15.9. The normalized spacial score (nSPS) is 24.1. The van der Waals surface area contributed by atoms with Crippen molar-refractivity contribution in [3.05, 3.63) is 51.2 Å². The lowest BCUT2D eigenvalue weighted by molar-refractivity contribution is 0.0935. The number of benzene rings is 1. The molecule has 2 atom stereocenters. The van der Waals surface area contributed by atoms with Crippen molar-refractivity contribution in [1.29, 1.82) is 0 Å². The van der Waals surface area contributed by atoms with Crippen LogP contribution in [-0.2, 0) is 5.41 Å². The third kappa shape index (κ3) is 4.27. The first-order valence-corrected chi connectivity index (χ1v) is 13.0. The molecule has 0 spiro atoms. The number of amides is 3. The largest absolute Gasteiger partial charge is 0.346 e. The maximum Gasteiger partial charge on any atom is 0.324 e. The zero-order valence-corrected chi connectivity index (χ0v) is 20.8. The van der Waals surface area contributed by atoms with E-state index in [0.717, 1.165) is 18.7 Å². The van der Waals surface area contributed by atoms with E-state index in [1.165, 1.54) is 42.6 Å². The van der Waals surface area contributed by atoms with Crippen LogP contribution in [0.25, 0.3) is 0 Å². The quantitative estimate of drug-likeness (QED) is 0.649. The molecule has 1 aromatic heterocycles. The number of fused-ring (bicyclic) bond motifs is 1. The first kappa shape index (κ1) is 22.7. The summed E-state index contributed by atoms with van der Waals surface area (Å²) in [6.45, 7) is 2.32. The summed E-state index contributed by atoms with van der Waals surface area (Å²) >= 11 is 7.26. The first-order valence-electron chi connectivity index (χ1n) is 11.8. The molecule has 33 heavy (non-hydrogen) atoms. The Morgan fingerprint density at radius 3 is 2.55 bits per heavy atom. The summed E-state index contributed by atoms with van der Waals surface area (Å²) in [5.74, 6) is -0.114. The second-order valence-electron chi connectivity index (χ2n) is 9.90. The molecule has 0 bridgehead atoms. The third-order valence-electron chi connectivity index (χ3n) is 7.48. The van der Waals surface area contributed by atoms with E-state index >= 15 is 0 Å². The van der Waals surface area contributed by atoms with Crippen molar-refractivity contribution in [3.8, 4) is 0 Å². The summed E-state index contributed by atoms with van der Waals surface area (Å²) < 4.78 is 0.601. The van der Waals surface area contributed by atoms with Gasteiger partial charge in [0, 0.05) is 24.2 Å². The maximum atomic E-state index is 13.2. The van der Waals surface area contributed by atoms with Crippen molar-refractivity contribution in [1.82, 2.24) is 15.1 Å². The molecule has 176 valence electrons. The second kappa shape index (κ2) is 8.93. The number of hydrogen-bond donors (Lipinski definition) is 1. The molecule has 1 aliphatic carbocycles. The maximum absolute atomic E-state index is 13.2. The number of carbonyl (C=O) groups excluding carboxylic acids is 2. The van der Waals surface area contributed by atoms with Crippen LogP contribution in [-0.4, -0.2) is 67.6 Å². The molecule has 1 aromatic carbocycles. The van der Waals surface area contributed by atoms with Crippen molar-refractivity contribution in [2.45, 2.75) is 49.6 Å². The minimum absolute atomic E-state index is 0.00789. The molecule has 6 nitrogen and oxygen atoms in total. The second-order valence-corrected chi connectivity index (χ2v) is 11.6. The molecule has 0 unspecified atom stereocenters. The van der Waals surface area contributed by atoms with Gasteiger partial charge in [0.25, 0.3) is 5.91 Å². The average Bonchev–Trinajstić information content (AvgIpc) is 3.56. The van der Waals surface area contributed by atoms with Crippen molar-refractivity contribution >= 4 is 40.6 Å². The lowest BCUT2D eigenvalue weighted by Gasteiger charge is -2.33. The molecule has 3 fully saturated rings. The number of urea groups is 1. The van der Waals surface area contributed by atoms with E-state index in [4.69, 9.17) is 11.6 Å². The number of anilines is 1. The van der Waals surface area contributed by atoms with Crippen LogP contribution in [0, 0.1) is 0 Å². The monoisotopic (exact) mass is 486 g/mol. The number of hydrogen-bond acceptors (Lipinski definition) is 4. The molecule has 2 aliphatic heterocycles. The van der Waals surface area contributed by atoms with E-state index in [9.17, 15) is 9.59 Å². The van der Waals surface area contributed by atoms with Gasteiger partial charge in [-0.05, 0) is 63.2 Å². The Balaban J connectivity index is 1.29. The third-order valence-corrected chi connectivity index (χ3v) is 8.71. The molecule has 1 N–H and O–H groups in total. The van der Waals surface area contributed by atoms with Crippen LogP contribution >= 0.6 is 22.9 Å². The Hall–Kier alpha value is -2.09. The van der Waals surface area contributed by atoms with Crippen LogP contribution in [0.5, 0.6) is 0 Å². The fraction of sp³-hybridized carbons (Fsp3) is 0.520. The van der Waals surface area contributed by atoms with Crippen LogP contribution in [0.3, 0.4) is 0 Å². The fourth-order valence-corrected chi connectivity index (χ4v) is 6.93. The van der Waals surface area contributed by atoms with E-state index in [0.29, 0.717) is 22.3 Å². The Bertz CT molecular complexity index is 1030. The summed E-state index contributed by atoms with van der Waals surface area (Å²) in [7, 11) is 4.29. The zero-order valence-electron chi connectivity index (χ0n) is 19.2. The minimum Gasteiger partial charge on any atom is -0.346 e. The molecule has 8 heteroatoms. The highest BCUT2D eigenvalue weighted by molar-refractivity contribution is 7.18. The van der Waals surface area contributed by atoms with Gasteiger partial charge < -0.3 is 15.1 Å². The van der Waals surface area contributed by atoms with Crippen LogP contribution in [0.1, 0.15) is 47.3 Å². The van der Waals surface area contributed by atoms with Gasteiger partial charge in [0.05, 0.1) is 27.8 Å². The van der Waals surface area contributed by atoms with E-state index in [1.807, 2.05) is 9.80 Å². The fourth-order valence-electron chi connectivity index (χ4n) is 5.99. The van der Waals surface area contributed by atoms with Gasteiger partial charge in [-0.15, -0.1) is 11.3 Å². The van der Waals surface area contributed by atoms with Crippen molar-refractivity contribution in [2.24, 2.45) is 0 Å². The van der Waals surface area contributed by atoms with E-state index < -0.39 is 0 Å². The Kier molecular flexibility index (Phi) is 6.14. The predicted octanol–water partition coefficient (Wildman–Crippen LogP) is 4.59. The van der Waals surface area contributed by atoms with Gasteiger partial charge in [0.15, 0.2) is 0 Å². The lowest BCUT2D eigenvalue weighted by atomic mass is 9.78. The SMILES string of the molecule is CN(C)CC1(c2ccc(N3C[C@@H]4[C@H](NC(=O)c5ccc(Cl)s5)CCN4C3=O)cc2)CCCC1. The van der Waals surface area contributed by atoms with Crippen LogP contribution in [0.2, 0.25) is 4.34 Å². The van der Waals surface area contributed by atoms with Gasteiger partial charge in [-0.1, -0.05) is 36.6 Å². The zero-order chi connectivity index (χ0) is 23.2. The number of halogens is 1. The van der Waals surface area contributed by atoms with E-state index in [-0.39, 0.29) is 29.4 Å². The number of likely N-dealkylation sites (N-methyl/N-ethyl adjacent to an activating group) is 1. The van der Waals surface area contributed by atoms with Crippen LogP contribution in [0.4, 0.5) is 10.5 Å². The number of nitrogens with one attached hydrogen (secondary N) is 1. The predicted molar refractivity (Wildman–Crippen MR) is 134 cm³/mol. The number of rotatable bonds is 6. The molecule has 3 aliphatic rings. The molecule has 0 radical (unpaired) electrons. The molecule has 1 saturated carbocycles. The summed E-state index contributed by atoms with van der Waals surface area (Å²) in [6, 6.07) is 12.1. The van der Waals surface area contributed by atoms with Gasteiger partial charge >= 0.3 is 6.03 Å². The summed E-state index contributed by atoms with van der Waals surface area (Å²) in [5, 5.41) is 3.13. The highest BCUT2D eigenvalue weighted by Gasteiger charge is 2.47. The van der Waals surface area contributed by atoms with Crippen LogP contribution < -0.4 is 10.2 Å². The molecule has 3 amide bonds. The van der Waals surface area contributed by atoms with Gasteiger partial charge in [-0.25, -0.2) is 4.79 Å². The topological polar surface area (TPSA) is 55.9 Å². The standard InChI is InChI=1S/C25H31ClN4O2S/c1-28(2)16-25(12-3-4-13-25)17-5-7-18(8-6-17)30-15-20-19(11-14-29(20)24(30)32)27-23(31)21-9-10-22(26)33-21/h5-10,19-20H,3-4,11-16H2,1-2H3,(H,27,31)/t19-,20-/m1/s1. The summed E-state index contributed by atoms with van der Waals surface area (Å²) in [6.07, 6.45) is 5.78. The van der Waals surface area contributed by atoms with Crippen molar-refractivity contribution in [2.75, 3.05) is 38.6 Å². The number of thiophene rings is 1. The Morgan fingerprint density at radius 1 is 1.18 bits per heavy atom. The molecular formula is C25H31ClN4O2S. The van der Waals surface area contributed by atoms with Crippen molar-refractivity contribution in [3.63, 3.8) is 0 Å². The minimum atomic E-state index is -0.114. The highest BCUT2D eigenvalue weighted by Crippen LogP contribution is 2.42. The van der Waals surface area contributed by atoms with E-state index in [2.05, 4.69) is 48.6 Å². The molecule has 3 heterocycles. The Morgan fingerprint density at radius 2 is 1.91 bits per heavy atom. The summed E-state index contributed by atoms with van der Waals surface area (Å²) in [5.41, 5.74) is 2.53. The number of carbonyl (C=O) groups is 2. The molecule has 5 rings (SSSR count). The highest BCUT2D eigenvalue weighted by atomic mass is 35.5. The van der Waals surface area contributed by atoms with Gasteiger partial charge in [-0.3, -0.25) is 9.69 Å². The number of nitrogens with zero attached hydrogens (tertiary/aromatic N) is 3. The van der Waals surface area contributed by atoms with Gasteiger partial charge in [-0.2, -0.15) is 0 Å². The smallest absolute Gasteiger partial charge is 0.324 e. The molecule has 2 aromatic rings. The average molecular weight is 487 g/mol. The van der Waals surface area contributed by atoms with Gasteiger partial charge in [0.1, 0.15) is 0 Å². The Labute approximate surface area is 204 Å². The van der Waals surface area contributed by atoms with Gasteiger partial charge in [0.2, 0.25) is 0 Å². The van der Waals surface area contributed by atoms with E-state index in [1.54, 1.807) is 12.1 Å².